The van der Waals surface area contributed by atoms with Gasteiger partial charge in [-0.05, 0) is 30.9 Å². The molecule has 1 aromatic carbocycles. The van der Waals surface area contributed by atoms with Crippen molar-refractivity contribution in [2.45, 2.75) is 25.8 Å². The van der Waals surface area contributed by atoms with Gasteiger partial charge < -0.3 is 9.80 Å². The van der Waals surface area contributed by atoms with Crippen LogP contribution in [-0.4, -0.2) is 47.3 Å². The molecule has 0 radical (unpaired) electrons. The molecular weight excluding hydrogens is 290 g/mol. The van der Waals surface area contributed by atoms with E-state index in [9.17, 15) is 18.4 Å². The standard InChI is InChI=1S/C16H18F2N2O2/c1-10(21)19-7-11-5-6-12(9-19)20(8-11)16(22)13-3-2-4-14(17)15(13)18/h2-4,11-12H,5-9H2,1H3/t11-,12+/m0/s1. The zero-order chi connectivity index (χ0) is 15.9. The van der Waals surface area contributed by atoms with Crippen molar-refractivity contribution in [2.75, 3.05) is 19.6 Å². The first kappa shape index (κ1) is 14.9. The van der Waals surface area contributed by atoms with E-state index in [1.54, 1.807) is 9.80 Å². The van der Waals surface area contributed by atoms with Gasteiger partial charge in [-0.2, -0.15) is 0 Å². The summed E-state index contributed by atoms with van der Waals surface area (Å²) in [4.78, 5) is 27.6. The lowest BCUT2D eigenvalue weighted by Gasteiger charge is -2.36. The summed E-state index contributed by atoms with van der Waals surface area (Å²) in [5, 5.41) is 0. The first-order valence-electron chi connectivity index (χ1n) is 7.48. The van der Waals surface area contributed by atoms with Crippen molar-refractivity contribution in [3.05, 3.63) is 35.4 Å². The molecule has 3 saturated heterocycles. The molecule has 0 saturated carbocycles. The summed E-state index contributed by atoms with van der Waals surface area (Å²) in [6.45, 7) is 3.10. The van der Waals surface area contributed by atoms with Crippen LogP contribution < -0.4 is 0 Å². The van der Waals surface area contributed by atoms with E-state index in [0.29, 0.717) is 19.6 Å². The van der Waals surface area contributed by atoms with E-state index in [1.165, 1.54) is 19.1 Å². The first-order chi connectivity index (χ1) is 10.5. The summed E-state index contributed by atoms with van der Waals surface area (Å²) >= 11 is 0. The Labute approximate surface area is 127 Å². The predicted octanol–water partition coefficient (Wildman–Crippen LogP) is 2.05. The summed E-state index contributed by atoms with van der Waals surface area (Å²) in [7, 11) is 0. The molecule has 2 atom stereocenters. The smallest absolute Gasteiger partial charge is 0.257 e. The van der Waals surface area contributed by atoms with E-state index in [4.69, 9.17) is 0 Å². The van der Waals surface area contributed by atoms with Crippen molar-refractivity contribution < 1.29 is 18.4 Å². The third kappa shape index (κ3) is 2.58. The Balaban J connectivity index is 1.87. The number of carbonyl (C=O) groups is 2. The minimum absolute atomic E-state index is 0.0110. The maximum atomic E-state index is 13.9. The van der Waals surface area contributed by atoms with Gasteiger partial charge in [-0.1, -0.05) is 6.07 Å². The first-order valence-corrected chi connectivity index (χ1v) is 7.48. The van der Waals surface area contributed by atoms with Gasteiger partial charge in [-0.3, -0.25) is 9.59 Å². The Morgan fingerprint density at radius 3 is 2.64 bits per heavy atom. The minimum Gasteiger partial charge on any atom is -0.341 e. The summed E-state index contributed by atoms with van der Waals surface area (Å²) in [6, 6.07) is 3.52. The SMILES string of the molecule is CC(=O)N1C[C@@H]2CC[C@H](C1)N(C(=O)c1cccc(F)c1F)C2. The van der Waals surface area contributed by atoms with Crippen LogP contribution in [-0.2, 0) is 4.79 Å². The second-order valence-corrected chi connectivity index (χ2v) is 6.08. The number of piperidine rings is 1. The number of amides is 2. The molecule has 0 unspecified atom stereocenters. The number of carbonyl (C=O) groups excluding carboxylic acids is 2. The number of hydrogen-bond acceptors (Lipinski definition) is 2. The normalized spacial score (nSPS) is 24.3. The van der Waals surface area contributed by atoms with Crippen molar-refractivity contribution in [1.29, 1.82) is 0 Å². The van der Waals surface area contributed by atoms with Crippen LogP contribution in [0.3, 0.4) is 0 Å². The van der Waals surface area contributed by atoms with E-state index in [0.717, 1.165) is 18.9 Å². The lowest BCUT2D eigenvalue weighted by molar-refractivity contribution is -0.129. The Bertz CT molecular complexity index is 620. The number of hydrogen-bond donors (Lipinski definition) is 0. The predicted molar refractivity (Wildman–Crippen MR) is 76.2 cm³/mol. The summed E-state index contributed by atoms with van der Waals surface area (Å²) < 4.78 is 27.2. The lowest BCUT2D eigenvalue weighted by atomic mass is 9.94. The van der Waals surface area contributed by atoms with E-state index >= 15 is 0 Å². The maximum absolute atomic E-state index is 13.9. The Kier molecular flexibility index (Phi) is 3.85. The highest BCUT2D eigenvalue weighted by atomic mass is 19.2. The number of fused-ring (bicyclic) bond motifs is 4. The molecule has 0 N–H and O–H groups in total. The van der Waals surface area contributed by atoms with E-state index in [2.05, 4.69) is 0 Å². The van der Waals surface area contributed by atoms with E-state index in [-0.39, 0.29) is 23.4 Å². The fourth-order valence-electron chi connectivity index (χ4n) is 3.41. The van der Waals surface area contributed by atoms with E-state index < -0.39 is 17.5 Å². The van der Waals surface area contributed by atoms with Gasteiger partial charge in [0, 0.05) is 32.6 Å². The molecule has 2 bridgehead atoms. The number of nitrogens with zero attached hydrogens (tertiary/aromatic N) is 2. The average molecular weight is 308 g/mol. The van der Waals surface area contributed by atoms with Gasteiger partial charge in [-0.25, -0.2) is 8.78 Å². The molecule has 3 fully saturated rings. The maximum Gasteiger partial charge on any atom is 0.257 e. The van der Waals surface area contributed by atoms with Crippen molar-refractivity contribution in [1.82, 2.24) is 9.80 Å². The van der Waals surface area contributed by atoms with Gasteiger partial charge in [0.15, 0.2) is 11.6 Å². The molecule has 3 aliphatic rings. The molecule has 3 aliphatic heterocycles. The number of halogens is 2. The third-order valence-electron chi connectivity index (χ3n) is 4.60. The zero-order valence-corrected chi connectivity index (χ0v) is 12.4. The summed E-state index contributed by atoms with van der Waals surface area (Å²) in [6.07, 6.45) is 1.74. The largest absolute Gasteiger partial charge is 0.341 e. The third-order valence-corrected chi connectivity index (χ3v) is 4.60. The molecule has 4 nitrogen and oxygen atoms in total. The molecule has 3 heterocycles. The van der Waals surface area contributed by atoms with Gasteiger partial charge >= 0.3 is 0 Å². The van der Waals surface area contributed by atoms with Crippen LogP contribution in [0.2, 0.25) is 0 Å². The van der Waals surface area contributed by atoms with Crippen LogP contribution in [0.5, 0.6) is 0 Å². The van der Waals surface area contributed by atoms with Gasteiger partial charge in [0.1, 0.15) is 0 Å². The van der Waals surface area contributed by atoms with E-state index in [1.807, 2.05) is 0 Å². The zero-order valence-electron chi connectivity index (χ0n) is 12.4. The molecule has 0 aliphatic carbocycles. The van der Waals surface area contributed by atoms with Crippen LogP contribution in [0.1, 0.15) is 30.1 Å². The molecule has 0 spiro atoms. The second-order valence-electron chi connectivity index (χ2n) is 6.08. The second kappa shape index (κ2) is 5.66. The Hall–Kier alpha value is -1.98. The molecular formula is C16H18F2N2O2. The van der Waals surface area contributed by atoms with Crippen molar-refractivity contribution in [3.63, 3.8) is 0 Å². The monoisotopic (exact) mass is 308 g/mol. The van der Waals surface area contributed by atoms with Crippen LogP contribution in [0.15, 0.2) is 18.2 Å². The molecule has 118 valence electrons. The van der Waals surface area contributed by atoms with Crippen molar-refractivity contribution >= 4 is 11.8 Å². The highest BCUT2D eigenvalue weighted by molar-refractivity contribution is 5.95. The molecule has 0 aromatic heterocycles. The average Bonchev–Trinajstić information content (AvgIpc) is 2.81. The quantitative estimate of drug-likeness (QED) is 0.797. The molecule has 1 aromatic rings. The van der Waals surface area contributed by atoms with Crippen molar-refractivity contribution in [2.24, 2.45) is 5.92 Å². The highest BCUT2D eigenvalue weighted by Crippen LogP contribution is 2.29. The van der Waals surface area contributed by atoms with Crippen molar-refractivity contribution in [3.8, 4) is 0 Å². The molecule has 6 heteroatoms. The fourth-order valence-corrected chi connectivity index (χ4v) is 3.41. The van der Waals surface area contributed by atoms with Crippen LogP contribution in [0.25, 0.3) is 0 Å². The number of benzene rings is 1. The number of rotatable bonds is 1. The van der Waals surface area contributed by atoms with Gasteiger partial charge in [-0.15, -0.1) is 0 Å². The minimum atomic E-state index is -1.10. The van der Waals surface area contributed by atoms with Crippen LogP contribution >= 0.6 is 0 Å². The topological polar surface area (TPSA) is 40.6 Å². The van der Waals surface area contributed by atoms with Gasteiger partial charge in [0.2, 0.25) is 5.91 Å². The highest BCUT2D eigenvalue weighted by Gasteiger charge is 2.38. The Morgan fingerprint density at radius 2 is 1.91 bits per heavy atom. The molecule has 4 rings (SSSR count). The van der Waals surface area contributed by atoms with Crippen LogP contribution in [0.4, 0.5) is 8.78 Å². The molecule has 2 amide bonds. The van der Waals surface area contributed by atoms with Gasteiger partial charge in [0.05, 0.1) is 5.56 Å². The summed E-state index contributed by atoms with van der Waals surface area (Å²) in [5.41, 5.74) is -0.234. The Morgan fingerprint density at radius 1 is 1.14 bits per heavy atom. The van der Waals surface area contributed by atoms with Gasteiger partial charge in [0.25, 0.3) is 5.91 Å². The molecule has 22 heavy (non-hydrogen) atoms. The fraction of sp³-hybridized carbons (Fsp3) is 0.500. The lowest BCUT2D eigenvalue weighted by Crippen LogP contribution is -2.47. The van der Waals surface area contributed by atoms with Crippen LogP contribution in [0, 0.1) is 17.6 Å². The summed E-state index contributed by atoms with van der Waals surface area (Å²) in [5.74, 6) is -2.42.